The molecule has 0 heterocycles. The third-order valence-corrected chi connectivity index (χ3v) is 4.55. The summed E-state index contributed by atoms with van der Waals surface area (Å²) in [6.45, 7) is 2.68. The van der Waals surface area contributed by atoms with E-state index in [9.17, 15) is 9.90 Å². The van der Waals surface area contributed by atoms with Crippen LogP contribution in [0, 0.1) is 11.3 Å². The Morgan fingerprint density at radius 3 is 2.47 bits per heavy atom. The maximum atomic E-state index is 12.3. The van der Waals surface area contributed by atoms with Gasteiger partial charge in [-0.2, -0.15) is 0 Å². The van der Waals surface area contributed by atoms with E-state index in [0.717, 1.165) is 25.7 Å². The minimum Gasteiger partial charge on any atom is -0.393 e. The van der Waals surface area contributed by atoms with Crippen LogP contribution in [0.4, 0.5) is 0 Å². The normalized spacial score (nSPS) is 41.7. The lowest BCUT2D eigenvalue weighted by atomic mass is 9.70. The molecule has 0 spiro atoms. The number of aliphatic hydroxyl groups excluding tert-OH is 1. The Kier molecular flexibility index (Phi) is 3.73. The van der Waals surface area contributed by atoms with Gasteiger partial charge in [-0.1, -0.05) is 6.92 Å². The molecule has 2 saturated carbocycles. The number of hydrogen-bond acceptors (Lipinski definition) is 3. The van der Waals surface area contributed by atoms with Crippen molar-refractivity contribution < 1.29 is 9.90 Å². The summed E-state index contributed by atoms with van der Waals surface area (Å²) >= 11 is 0. The molecule has 0 unspecified atom stereocenters. The number of carbonyl (C=O) groups excluding carboxylic acids is 1. The molecule has 1 amide bonds. The van der Waals surface area contributed by atoms with E-state index in [1.807, 2.05) is 0 Å². The highest BCUT2D eigenvalue weighted by molar-refractivity contribution is 5.83. The predicted octanol–water partition coefficient (Wildman–Crippen LogP) is 0.781. The summed E-state index contributed by atoms with van der Waals surface area (Å²) in [7, 11) is 0. The molecule has 0 aromatic heterocycles. The number of hydrogen-bond donors (Lipinski definition) is 3. The lowest BCUT2D eigenvalue weighted by Gasteiger charge is -2.40. The van der Waals surface area contributed by atoms with Crippen molar-refractivity contribution in [2.75, 3.05) is 6.54 Å². The fourth-order valence-electron chi connectivity index (χ4n) is 2.88. The van der Waals surface area contributed by atoms with Gasteiger partial charge in [0.15, 0.2) is 0 Å². The zero-order valence-electron chi connectivity index (χ0n) is 10.6. The van der Waals surface area contributed by atoms with Gasteiger partial charge in [0.05, 0.1) is 11.5 Å². The molecule has 0 aromatic rings. The summed E-state index contributed by atoms with van der Waals surface area (Å²) in [5.41, 5.74) is 5.50. The summed E-state index contributed by atoms with van der Waals surface area (Å²) in [5, 5.41) is 12.3. The fourth-order valence-corrected chi connectivity index (χ4v) is 2.88. The maximum absolute atomic E-state index is 12.3. The molecule has 2 rings (SSSR count). The Morgan fingerprint density at radius 1 is 1.41 bits per heavy atom. The highest BCUT2D eigenvalue weighted by Crippen LogP contribution is 2.38. The van der Waals surface area contributed by atoms with E-state index in [4.69, 9.17) is 5.73 Å². The zero-order chi connectivity index (χ0) is 12.5. The van der Waals surface area contributed by atoms with Gasteiger partial charge in [-0.3, -0.25) is 4.79 Å². The number of nitrogens with two attached hydrogens (primary N) is 1. The molecule has 98 valence electrons. The molecule has 4 nitrogen and oxygen atoms in total. The number of aliphatic hydroxyl groups is 1. The Morgan fingerprint density at radius 2 is 2.00 bits per heavy atom. The second kappa shape index (κ2) is 4.94. The monoisotopic (exact) mass is 240 g/mol. The van der Waals surface area contributed by atoms with Crippen molar-refractivity contribution in [3.63, 3.8) is 0 Å². The summed E-state index contributed by atoms with van der Waals surface area (Å²) < 4.78 is 0. The smallest absolute Gasteiger partial charge is 0.227 e. The molecule has 0 aliphatic heterocycles. The summed E-state index contributed by atoms with van der Waals surface area (Å²) in [4.78, 5) is 12.3. The van der Waals surface area contributed by atoms with Crippen molar-refractivity contribution in [2.24, 2.45) is 17.1 Å². The van der Waals surface area contributed by atoms with E-state index in [-0.39, 0.29) is 23.5 Å². The third-order valence-electron chi connectivity index (χ3n) is 4.55. The van der Waals surface area contributed by atoms with Gasteiger partial charge in [0.2, 0.25) is 5.91 Å². The fraction of sp³-hybridized carbons (Fsp3) is 0.923. The van der Waals surface area contributed by atoms with Crippen molar-refractivity contribution in [3.05, 3.63) is 0 Å². The van der Waals surface area contributed by atoms with Crippen LogP contribution in [0.5, 0.6) is 0 Å². The topological polar surface area (TPSA) is 75.4 Å². The molecule has 2 aliphatic carbocycles. The molecule has 4 heteroatoms. The first-order chi connectivity index (χ1) is 8.05. The Labute approximate surface area is 103 Å². The lowest BCUT2D eigenvalue weighted by Crippen LogP contribution is -2.54. The van der Waals surface area contributed by atoms with Gasteiger partial charge >= 0.3 is 0 Å². The number of carbonyl (C=O) groups is 1. The van der Waals surface area contributed by atoms with Crippen LogP contribution in [0.25, 0.3) is 0 Å². The summed E-state index contributed by atoms with van der Waals surface area (Å²) in [6, 6.07) is 0.167. The van der Waals surface area contributed by atoms with Gasteiger partial charge in [0.25, 0.3) is 0 Å². The van der Waals surface area contributed by atoms with Crippen LogP contribution in [0.2, 0.25) is 0 Å². The molecule has 0 aromatic carbocycles. The number of nitrogens with one attached hydrogen (secondary N) is 1. The highest BCUT2D eigenvalue weighted by atomic mass is 16.3. The van der Waals surface area contributed by atoms with E-state index in [0.29, 0.717) is 25.3 Å². The Bertz CT molecular complexity index is 279. The number of amides is 1. The van der Waals surface area contributed by atoms with Crippen LogP contribution in [0.1, 0.15) is 45.4 Å². The van der Waals surface area contributed by atoms with Gasteiger partial charge in [-0.15, -0.1) is 0 Å². The van der Waals surface area contributed by atoms with Gasteiger partial charge in [-0.25, -0.2) is 0 Å². The van der Waals surface area contributed by atoms with Crippen molar-refractivity contribution in [3.8, 4) is 0 Å². The van der Waals surface area contributed by atoms with E-state index < -0.39 is 0 Å². The summed E-state index contributed by atoms with van der Waals surface area (Å²) in [5.74, 6) is 0.830. The van der Waals surface area contributed by atoms with Crippen LogP contribution in [-0.4, -0.2) is 29.7 Å². The van der Waals surface area contributed by atoms with Gasteiger partial charge in [-0.05, 0) is 44.4 Å². The van der Waals surface area contributed by atoms with E-state index in [2.05, 4.69) is 12.2 Å². The average molecular weight is 240 g/mol. The maximum Gasteiger partial charge on any atom is 0.227 e. The molecule has 0 bridgehead atoms. The molecule has 0 saturated heterocycles. The molecule has 2 fully saturated rings. The third kappa shape index (κ3) is 2.63. The molecule has 0 radical (unpaired) electrons. The van der Waals surface area contributed by atoms with Gasteiger partial charge in [0, 0.05) is 12.6 Å². The van der Waals surface area contributed by atoms with Crippen LogP contribution in [0.3, 0.4) is 0 Å². The first-order valence-electron chi connectivity index (χ1n) is 6.75. The van der Waals surface area contributed by atoms with Gasteiger partial charge in [0.1, 0.15) is 0 Å². The summed E-state index contributed by atoms with van der Waals surface area (Å²) in [6.07, 6.45) is 5.18. The minimum absolute atomic E-state index is 0.115. The minimum atomic E-state index is -0.340. The second-order valence-electron chi connectivity index (χ2n) is 5.96. The first-order valence-corrected chi connectivity index (χ1v) is 6.75. The average Bonchev–Trinajstić information content (AvgIpc) is 2.28. The second-order valence-corrected chi connectivity index (χ2v) is 5.96. The Balaban J connectivity index is 1.90. The largest absolute Gasteiger partial charge is 0.393 e. The van der Waals surface area contributed by atoms with Crippen molar-refractivity contribution in [2.45, 2.75) is 57.6 Å². The van der Waals surface area contributed by atoms with Crippen molar-refractivity contribution in [1.82, 2.24) is 5.32 Å². The number of rotatable bonds is 3. The van der Waals surface area contributed by atoms with Gasteiger partial charge < -0.3 is 16.2 Å². The van der Waals surface area contributed by atoms with Crippen molar-refractivity contribution >= 4 is 5.91 Å². The van der Waals surface area contributed by atoms with Crippen LogP contribution >= 0.6 is 0 Å². The molecular weight excluding hydrogens is 216 g/mol. The lowest BCUT2D eigenvalue weighted by molar-refractivity contribution is -0.135. The molecule has 4 N–H and O–H groups in total. The molecular formula is C13H24N2O2. The molecule has 0 atom stereocenters. The highest BCUT2D eigenvalue weighted by Gasteiger charge is 2.41. The standard InChI is InChI=1S/C13H24N2O2/c1-9-2-4-13(8-14,5-3-9)12(17)15-10-6-11(16)7-10/h9-11,16H,2-8,14H2,1H3,(H,15,17). The SMILES string of the molecule is CC1CCC(CN)(C(=O)NC2CC(O)C2)CC1. The molecule has 17 heavy (non-hydrogen) atoms. The van der Waals surface area contributed by atoms with E-state index in [1.165, 1.54) is 0 Å². The first kappa shape index (κ1) is 12.8. The van der Waals surface area contributed by atoms with E-state index in [1.54, 1.807) is 0 Å². The zero-order valence-corrected chi connectivity index (χ0v) is 10.6. The Hall–Kier alpha value is -0.610. The molecule has 2 aliphatic rings. The van der Waals surface area contributed by atoms with E-state index >= 15 is 0 Å². The quantitative estimate of drug-likeness (QED) is 0.682. The van der Waals surface area contributed by atoms with Crippen LogP contribution in [0.15, 0.2) is 0 Å². The van der Waals surface area contributed by atoms with Crippen LogP contribution < -0.4 is 11.1 Å². The predicted molar refractivity (Wildman–Crippen MR) is 66.3 cm³/mol. The van der Waals surface area contributed by atoms with Crippen LogP contribution in [-0.2, 0) is 4.79 Å². The van der Waals surface area contributed by atoms with Crippen molar-refractivity contribution in [1.29, 1.82) is 0 Å².